The summed E-state index contributed by atoms with van der Waals surface area (Å²) in [4.78, 5) is 0.592. The van der Waals surface area contributed by atoms with Gasteiger partial charge in [-0.2, -0.15) is 0 Å². The summed E-state index contributed by atoms with van der Waals surface area (Å²) in [5.41, 5.74) is 5.74. The predicted octanol–water partition coefficient (Wildman–Crippen LogP) is 5.41. The smallest absolute Gasteiger partial charge is 0.0220 e. The van der Waals surface area contributed by atoms with E-state index in [1.807, 2.05) is 0 Å². The third-order valence-electron chi connectivity index (χ3n) is 4.53. The first-order valence-corrected chi connectivity index (χ1v) is 8.32. The van der Waals surface area contributed by atoms with Crippen LogP contribution in [0.3, 0.4) is 0 Å². The summed E-state index contributed by atoms with van der Waals surface area (Å²) in [6.45, 7) is 4.38. The summed E-state index contributed by atoms with van der Waals surface area (Å²) in [6, 6.07) is 17.8. The lowest BCUT2D eigenvalue weighted by atomic mass is 10.0. The third-order valence-corrected chi connectivity index (χ3v) is 5.54. The lowest BCUT2D eigenvalue weighted by Crippen LogP contribution is -2.07. The molecule has 0 heterocycles. The van der Waals surface area contributed by atoms with E-state index in [1.165, 1.54) is 28.7 Å². The Hall–Kier alpha value is -1.08. The van der Waals surface area contributed by atoms with E-state index in [1.54, 1.807) is 0 Å². The zero-order chi connectivity index (χ0) is 14.1. The number of hydrogen-bond acceptors (Lipinski definition) is 0. The van der Waals surface area contributed by atoms with Crippen LogP contribution in [0.5, 0.6) is 0 Å². The molecule has 0 nitrogen and oxygen atoms in total. The Morgan fingerprint density at radius 3 is 2.50 bits per heavy atom. The summed E-state index contributed by atoms with van der Waals surface area (Å²) in [5, 5.41) is 0. The monoisotopic (exact) mass is 328 g/mol. The molecule has 2 aromatic rings. The van der Waals surface area contributed by atoms with Crippen LogP contribution in [0.2, 0.25) is 0 Å². The molecule has 0 amide bonds. The van der Waals surface area contributed by atoms with Crippen molar-refractivity contribution >= 4 is 15.9 Å². The summed E-state index contributed by atoms with van der Waals surface area (Å²) >= 11 is 3.92. The normalized spacial score (nSPS) is 22.6. The van der Waals surface area contributed by atoms with Crippen LogP contribution >= 0.6 is 15.9 Å². The van der Waals surface area contributed by atoms with Gasteiger partial charge in [0, 0.05) is 4.83 Å². The summed E-state index contributed by atoms with van der Waals surface area (Å²) in [7, 11) is 0. The van der Waals surface area contributed by atoms with Gasteiger partial charge in [0.1, 0.15) is 0 Å². The summed E-state index contributed by atoms with van der Waals surface area (Å²) in [6.07, 6.45) is 2.46. The van der Waals surface area contributed by atoms with E-state index in [9.17, 15) is 0 Å². The molecule has 0 aromatic heterocycles. The van der Waals surface area contributed by atoms with Gasteiger partial charge in [-0.25, -0.2) is 0 Å². The van der Waals surface area contributed by atoms with Crippen molar-refractivity contribution in [2.24, 2.45) is 5.92 Å². The van der Waals surface area contributed by atoms with Crippen LogP contribution in [0.25, 0.3) is 0 Å². The van der Waals surface area contributed by atoms with E-state index >= 15 is 0 Å². The molecule has 2 aromatic carbocycles. The molecule has 1 aliphatic rings. The summed E-state index contributed by atoms with van der Waals surface area (Å²) in [5.74, 6) is 1.55. The van der Waals surface area contributed by atoms with Crippen LogP contribution in [-0.2, 0) is 6.42 Å². The van der Waals surface area contributed by atoms with Crippen LogP contribution in [0.1, 0.15) is 34.6 Å². The lowest BCUT2D eigenvalue weighted by Gasteiger charge is -2.11. The fraction of sp³-hybridized carbons (Fsp3) is 0.368. The lowest BCUT2D eigenvalue weighted by molar-refractivity contribution is 0.734. The maximum absolute atomic E-state index is 3.92. The van der Waals surface area contributed by atoms with Gasteiger partial charge in [0.15, 0.2) is 0 Å². The number of benzene rings is 2. The molecule has 0 bridgehead atoms. The first-order valence-electron chi connectivity index (χ1n) is 7.40. The van der Waals surface area contributed by atoms with E-state index < -0.39 is 0 Å². The molecule has 0 saturated heterocycles. The Morgan fingerprint density at radius 1 is 1.05 bits per heavy atom. The van der Waals surface area contributed by atoms with Gasteiger partial charge in [0.05, 0.1) is 0 Å². The molecule has 1 saturated carbocycles. The molecule has 0 radical (unpaired) electrons. The average molecular weight is 329 g/mol. The highest BCUT2D eigenvalue weighted by Gasteiger charge is 2.42. The van der Waals surface area contributed by atoms with Crippen molar-refractivity contribution in [2.45, 2.75) is 37.4 Å². The molecule has 1 heteroatoms. The molecule has 104 valence electrons. The molecule has 3 rings (SSSR count). The highest BCUT2D eigenvalue weighted by molar-refractivity contribution is 9.09. The average Bonchev–Trinajstić information content (AvgIpc) is 3.24. The van der Waals surface area contributed by atoms with Crippen molar-refractivity contribution in [2.75, 3.05) is 0 Å². The molecule has 3 atom stereocenters. The first kappa shape index (κ1) is 13.9. The molecule has 0 spiro atoms. The minimum atomic E-state index is 0.592. The van der Waals surface area contributed by atoms with Crippen molar-refractivity contribution in [3.63, 3.8) is 0 Å². The molecule has 0 N–H and O–H groups in total. The second kappa shape index (κ2) is 5.73. The van der Waals surface area contributed by atoms with Gasteiger partial charge in [0.25, 0.3) is 0 Å². The zero-order valence-corrected chi connectivity index (χ0v) is 13.7. The van der Waals surface area contributed by atoms with Crippen LogP contribution in [0, 0.1) is 19.8 Å². The van der Waals surface area contributed by atoms with E-state index in [0.717, 1.165) is 18.3 Å². The topological polar surface area (TPSA) is 0 Å². The van der Waals surface area contributed by atoms with Crippen LogP contribution in [0.15, 0.2) is 48.5 Å². The number of rotatable bonds is 4. The molecule has 1 aliphatic carbocycles. The van der Waals surface area contributed by atoms with Crippen molar-refractivity contribution in [1.29, 1.82) is 0 Å². The van der Waals surface area contributed by atoms with Gasteiger partial charge in [-0.1, -0.05) is 64.5 Å². The number of hydrogen-bond donors (Lipinski definition) is 0. The highest BCUT2D eigenvalue weighted by Crippen LogP contribution is 2.52. The van der Waals surface area contributed by atoms with Crippen molar-refractivity contribution in [1.82, 2.24) is 0 Å². The van der Waals surface area contributed by atoms with Crippen LogP contribution in [-0.4, -0.2) is 4.83 Å². The van der Waals surface area contributed by atoms with Crippen LogP contribution in [0.4, 0.5) is 0 Å². The standard InChI is InChI=1S/C19H21Br/c1-13-8-9-15(10-14(13)2)11-19(20)18-12-17(18)16-6-4-3-5-7-16/h3-10,17-19H,11-12H2,1-2H3. The molecular formula is C19H21Br. The highest BCUT2D eigenvalue weighted by atomic mass is 79.9. The maximum atomic E-state index is 3.92. The minimum Gasteiger partial charge on any atom is -0.0884 e. The fourth-order valence-electron chi connectivity index (χ4n) is 3.00. The number of aryl methyl sites for hydroxylation is 2. The quantitative estimate of drug-likeness (QED) is 0.658. The van der Waals surface area contributed by atoms with Crippen LogP contribution < -0.4 is 0 Å². The van der Waals surface area contributed by atoms with E-state index in [2.05, 4.69) is 78.3 Å². The van der Waals surface area contributed by atoms with Gasteiger partial charge < -0.3 is 0 Å². The van der Waals surface area contributed by atoms with Gasteiger partial charge in [0.2, 0.25) is 0 Å². The molecule has 0 aliphatic heterocycles. The predicted molar refractivity (Wildman–Crippen MR) is 89.6 cm³/mol. The Kier molecular flexibility index (Phi) is 3.98. The second-order valence-corrected chi connectivity index (χ2v) is 7.23. The Bertz CT molecular complexity index is 588. The zero-order valence-electron chi connectivity index (χ0n) is 12.1. The van der Waals surface area contributed by atoms with E-state index in [-0.39, 0.29) is 0 Å². The second-order valence-electron chi connectivity index (χ2n) is 6.06. The first-order chi connectivity index (χ1) is 9.65. The molecule has 1 fully saturated rings. The van der Waals surface area contributed by atoms with Crippen molar-refractivity contribution < 1.29 is 0 Å². The van der Waals surface area contributed by atoms with E-state index in [0.29, 0.717) is 4.83 Å². The van der Waals surface area contributed by atoms with Crippen molar-refractivity contribution in [3.05, 3.63) is 70.8 Å². The fourth-order valence-corrected chi connectivity index (χ4v) is 3.96. The molecule has 20 heavy (non-hydrogen) atoms. The molecular weight excluding hydrogens is 308 g/mol. The van der Waals surface area contributed by atoms with Gasteiger partial charge in [-0.3, -0.25) is 0 Å². The number of halogens is 1. The van der Waals surface area contributed by atoms with Crippen molar-refractivity contribution in [3.8, 4) is 0 Å². The van der Waals surface area contributed by atoms with Gasteiger partial charge in [-0.05, 0) is 60.8 Å². The SMILES string of the molecule is Cc1ccc(CC(Br)C2CC2c2ccccc2)cc1C. The minimum absolute atomic E-state index is 0.592. The van der Waals surface area contributed by atoms with Gasteiger partial charge in [-0.15, -0.1) is 0 Å². The van der Waals surface area contributed by atoms with Gasteiger partial charge >= 0.3 is 0 Å². The Labute approximate surface area is 130 Å². The Balaban J connectivity index is 1.63. The number of alkyl halides is 1. The molecule has 3 unspecified atom stereocenters. The largest absolute Gasteiger partial charge is 0.0884 e. The third kappa shape index (κ3) is 2.98. The Morgan fingerprint density at radius 2 is 1.80 bits per heavy atom. The maximum Gasteiger partial charge on any atom is 0.0220 e. The summed E-state index contributed by atoms with van der Waals surface area (Å²) < 4.78 is 0. The van der Waals surface area contributed by atoms with E-state index in [4.69, 9.17) is 0 Å².